The van der Waals surface area contributed by atoms with Crippen LogP contribution < -0.4 is 11.1 Å². The van der Waals surface area contributed by atoms with Gasteiger partial charge in [0.2, 0.25) is 5.91 Å². The SMILES string of the molecule is Cc1cccc(-c2nnc(S[C@H](C)C(=O)NC(N)=O)n2-c2ccc(Cl)cc2)c1. The van der Waals surface area contributed by atoms with E-state index in [4.69, 9.17) is 17.3 Å². The Bertz CT molecular complexity index is 1020. The van der Waals surface area contributed by atoms with Gasteiger partial charge < -0.3 is 5.73 Å². The minimum Gasteiger partial charge on any atom is -0.351 e. The second kappa shape index (κ2) is 8.45. The Morgan fingerprint density at radius 3 is 2.54 bits per heavy atom. The van der Waals surface area contributed by atoms with Crippen molar-refractivity contribution in [3.05, 3.63) is 59.1 Å². The molecule has 2 aromatic carbocycles. The molecule has 0 radical (unpaired) electrons. The van der Waals surface area contributed by atoms with Crippen LogP contribution in [0.25, 0.3) is 17.1 Å². The molecule has 0 fully saturated rings. The minimum atomic E-state index is -0.892. The lowest BCUT2D eigenvalue weighted by Gasteiger charge is -2.13. The molecule has 0 saturated heterocycles. The summed E-state index contributed by atoms with van der Waals surface area (Å²) in [7, 11) is 0. The molecule has 0 unspecified atom stereocenters. The highest BCUT2D eigenvalue weighted by atomic mass is 35.5. The highest BCUT2D eigenvalue weighted by Crippen LogP contribution is 2.31. The van der Waals surface area contributed by atoms with Gasteiger partial charge in [-0.3, -0.25) is 14.7 Å². The number of aryl methyl sites for hydroxylation is 1. The number of nitrogens with two attached hydrogens (primary N) is 1. The third kappa shape index (κ3) is 4.52. The van der Waals surface area contributed by atoms with E-state index in [1.807, 2.05) is 47.9 Å². The number of carbonyl (C=O) groups is 2. The molecular weight excluding hydrogens is 398 g/mol. The molecule has 7 nitrogen and oxygen atoms in total. The third-order valence-corrected chi connectivity index (χ3v) is 5.19. The van der Waals surface area contributed by atoms with Crippen molar-refractivity contribution in [1.29, 1.82) is 0 Å². The lowest BCUT2D eigenvalue weighted by molar-refractivity contribution is -0.119. The monoisotopic (exact) mass is 415 g/mol. The summed E-state index contributed by atoms with van der Waals surface area (Å²) in [6.07, 6.45) is 0. The number of urea groups is 1. The number of imide groups is 1. The van der Waals surface area contributed by atoms with Crippen LogP contribution in [0.1, 0.15) is 12.5 Å². The van der Waals surface area contributed by atoms with Crippen LogP contribution in [0, 0.1) is 6.92 Å². The maximum Gasteiger partial charge on any atom is 0.318 e. The first-order valence-corrected chi connectivity index (χ1v) is 9.66. The van der Waals surface area contributed by atoms with E-state index in [1.165, 1.54) is 11.8 Å². The zero-order valence-corrected chi connectivity index (χ0v) is 16.8. The highest BCUT2D eigenvalue weighted by molar-refractivity contribution is 8.00. The van der Waals surface area contributed by atoms with Gasteiger partial charge in [-0.15, -0.1) is 10.2 Å². The molecule has 0 bridgehead atoms. The highest BCUT2D eigenvalue weighted by Gasteiger charge is 2.22. The average Bonchev–Trinajstić information content (AvgIpc) is 3.05. The van der Waals surface area contributed by atoms with Gasteiger partial charge in [-0.05, 0) is 44.2 Å². The van der Waals surface area contributed by atoms with Gasteiger partial charge in [0.15, 0.2) is 11.0 Å². The molecule has 9 heteroatoms. The summed E-state index contributed by atoms with van der Waals surface area (Å²) in [4.78, 5) is 23.0. The minimum absolute atomic E-state index is 0.500. The Balaban J connectivity index is 2.04. The van der Waals surface area contributed by atoms with Crippen LogP contribution in [-0.4, -0.2) is 32.0 Å². The van der Waals surface area contributed by atoms with Crippen molar-refractivity contribution in [3.8, 4) is 17.1 Å². The molecule has 1 heterocycles. The van der Waals surface area contributed by atoms with Crippen molar-refractivity contribution >= 4 is 35.3 Å². The Hall–Kier alpha value is -2.84. The number of thioether (sulfide) groups is 1. The molecule has 3 rings (SSSR count). The number of amides is 3. The van der Waals surface area contributed by atoms with E-state index in [2.05, 4.69) is 15.5 Å². The number of hydrogen-bond donors (Lipinski definition) is 2. The molecule has 28 heavy (non-hydrogen) atoms. The van der Waals surface area contributed by atoms with Crippen LogP contribution in [0.4, 0.5) is 4.79 Å². The fourth-order valence-corrected chi connectivity index (χ4v) is 3.57. The first-order valence-electron chi connectivity index (χ1n) is 8.40. The molecule has 144 valence electrons. The van der Waals surface area contributed by atoms with Crippen LogP contribution in [0.5, 0.6) is 0 Å². The average molecular weight is 416 g/mol. The second-order valence-electron chi connectivity index (χ2n) is 6.10. The normalized spacial score (nSPS) is 11.8. The smallest absolute Gasteiger partial charge is 0.318 e. The Morgan fingerprint density at radius 1 is 1.18 bits per heavy atom. The number of halogens is 1. The van der Waals surface area contributed by atoms with E-state index in [0.29, 0.717) is 16.0 Å². The summed E-state index contributed by atoms with van der Waals surface area (Å²) in [6.45, 7) is 3.66. The molecule has 0 spiro atoms. The summed E-state index contributed by atoms with van der Waals surface area (Å²) in [5.74, 6) is 0.135. The Kier molecular flexibility index (Phi) is 6.01. The largest absolute Gasteiger partial charge is 0.351 e. The Morgan fingerprint density at radius 2 is 1.89 bits per heavy atom. The van der Waals surface area contributed by atoms with Gasteiger partial charge in [-0.1, -0.05) is 47.1 Å². The van der Waals surface area contributed by atoms with Crippen LogP contribution in [0.3, 0.4) is 0 Å². The molecule has 0 saturated carbocycles. The molecule has 0 aliphatic heterocycles. The summed E-state index contributed by atoms with van der Waals surface area (Å²) in [5, 5.41) is 11.2. The number of primary amides is 1. The van der Waals surface area contributed by atoms with Gasteiger partial charge in [-0.2, -0.15) is 0 Å². The maximum atomic E-state index is 12.1. The molecule has 3 aromatic rings. The fraction of sp³-hybridized carbons (Fsp3) is 0.158. The second-order valence-corrected chi connectivity index (χ2v) is 7.85. The molecule has 3 amide bonds. The number of benzene rings is 2. The third-order valence-electron chi connectivity index (χ3n) is 3.89. The van der Waals surface area contributed by atoms with Crippen molar-refractivity contribution in [2.75, 3.05) is 0 Å². The molecule has 1 atom stereocenters. The van der Waals surface area contributed by atoms with E-state index in [0.717, 1.165) is 16.8 Å². The lowest BCUT2D eigenvalue weighted by atomic mass is 10.1. The number of nitrogens with zero attached hydrogens (tertiary/aromatic N) is 3. The van der Waals surface area contributed by atoms with Crippen LogP contribution in [0.15, 0.2) is 53.7 Å². The number of hydrogen-bond acceptors (Lipinski definition) is 5. The molecule has 1 aromatic heterocycles. The summed E-state index contributed by atoms with van der Waals surface area (Å²) in [5.41, 5.74) is 7.81. The first-order chi connectivity index (χ1) is 13.3. The molecule has 0 aliphatic carbocycles. The van der Waals surface area contributed by atoms with E-state index < -0.39 is 17.2 Å². The lowest BCUT2D eigenvalue weighted by Crippen LogP contribution is -2.39. The molecular formula is C19H18ClN5O2S. The number of nitrogens with one attached hydrogen (secondary N) is 1. The van der Waals surface area contributed by atoms with Crippen LogP contribution in [0.2, 0.25) is 5.02 Å². The predicted molar refractivity (Wildman–Crippen MR) is 110 cm³/mol. The van der Waals surface area contributed by atoms with Gasteiger partial charge in [0.05, 0.1) is 5.25 Å². The van der Waals surface area contributed by atoms with Gasteiger partial charge in [0.1, 0.15) is 0 Å². The first kappa shape index (κ1) is 19.9. The van der Waals surface area contributed by atoms with Crippen molar-refractivity contribution in [2.45, 2.75) is 24.3 Å². The number of rotatable bonds is 5. The summed E-state index contributed by atoms with van der Waals surface area (Å²) in [6, 6.07) is 14.3. The fourth-order valence-electron chi connectivity index (χ4n) is 2.58. The molecule has 3 N–H and O–H groups in total. The quantitative estimate of drug-likeness (QED) is 0.620. The van der Waals surface area contributed by atoms with Crippen LogP contribution >= 0.6 is 23.4 Å². The van der Waals surface area contributed by atoms with Gasteiger partial charge >= 0.3 is 6.03 Å². The number of carbonyl (C=O) groups excluding carboxylic acids is 2. The Labute approximate surface area is 171 Å². The summed E-state index contributed by atoms with van der Waals surface area (Å²) < 4.78 is 1.85. The van der Waals surface area contributed by atoms with Crippen molar-refractivity contribution < 1.29 is 9.59 Å². The van der Waals surface area contributed by atoms with Crippen LogP contribution in [-0.2, 0) is 4.79 Å². The van der Waals surface area contributed by atoms with Crippen molar-refractivity contribution in [1.82, 2.24) is 20.1 Å². The standard InChI is InChI=1S/C19H18ClN5O2S/c1-11-4-3-5-13(10-11)16-23-24-19(28-12(2)17(26)22-18(21)27)25(16)15-8-6-14(20)7-9-15/h3-10,12H,1-2H3,(H3,21,22,26,27)/t12-/m1/s1. The van der Waals surface area contributed by atoms with Gasteiger partial charge in [0.25, 0.3) is 0 Å². The maximum absolute atomic E-state index is 12.1. The van der Waals surface area contributed by atoms with E-state index in [-0.39, 0.29) is 0 Å². The van der Waals surface area contributed by atoms with E-state index in [9.17, 15) is 9.59 Å². The van der Waals surface area contributed by atoms with Gasteiger partial charge in [0, 0.05) is 16.3 Å². The number of aromatic nitrogens is 3. The predicted octanol–water partition coefficient (Wildman–Crippen LogP) is 3.57. The van der Waals surface area contributed by atoms with Gasteiger partial charge in [-0.25, -0.2) is 4.79 Å². The van der Waals surface area contributed by atoms with Crippen molar-refractivity contribution in [3.63, 3.8) is 0 Å². The summed E-state index contributed by atoms with van der Waals surface area (Å²) >= 11 is 7.20. The van der Waals surface area contributed by atoms with E-state index >= 15 is 0 Å². The van der Waals surface area contributed by atoms with Crippen molar-refractivity contribution in [2.24, 2.45) is 5.73 Å². The zero-order valence-electron chi connectivity index (χ0n) is 15.2. The topological polar surface area (TPSA) is 103 Å². The van der Waals surface area contributed by atoms with E-state index in [1.54, 1.807) is 19.1 Å². The zero-order chi connectivity index (χ0) is 20.3. The molecule has 0 aliphatic rings.